The monoisotopic (exact) mass is 277 g/mol. The van der Waals surface area contributed by atoms with Gasteiger partial charge in [-0.15, -0.1) is 0 Å². The number of nitrogens with one attached hydrogen (secondary N) is 1. The third-order valence-corrected chi connectivity index (χ3v) is 3.99. The van der Waals surface area contributed by atoms with Crippen LogP contribution in [-0.4, -0.2) is 4.98 Å². The number of pyridine rings is 1. The minimum atomic E-state index is 0.148. The summed E-state index contributed by atoms with van der Waals surface area (Å²) in [5, 5.41) is 0.712. The van der Waals surface area contributed by atoms with E-state index in [0.717, 1.165) is 41.8 Å². The van der Waals surface area contributed by atoms with Gasteiger partial charge in [-0.05, 0) is 49.6 Å². The summed E-state index contributed by atoms with van der Waals surface area (Å²) in [4.78, 5) is 15.9. The Kier molecular flexibility index (Phi) is 2.78. The maximum Gasteiger partial charge on any atom is 0.192 e. The summed E-state index contributed by atoms with van der Waals surface area (Å²) in [7, 11) is 0. The minimum absolute atomic E-state index is 0.148. The zero-order chi connectivity index (χ0) is 14.2. The van der Waals surface area contributed by atoms with Crippen molar-refractivity contribution in [2.24, 2.45) is 0 Å². The fraction of sp³-hybridized carbons (Fsp3) is 0.167. The van der Waals surface area contributed by atoms with Gasteiger partial charge in [-0.25, -0.2) is 0 Å². The third-order valence-electron chi connectivity index (χ3n) is 3.99. The van der Waals surface area contributed by atoms with Crippen molar-refractivity contribution in [3.05, 3.63) is 70.0 Å². The zero-order valence-corrected chi connectivity index (χ0v) is 11.6. The predicted molar refractivity (Wildman–Crippen MR) is 83.1 cm³/mol. The molecule has 2 aromatic carbocycles. The zero-order valence-electron chi connectivity index (χ0n) is 11.6. The van der Waals surface area contributed by atoms with Crippen molar-refractivity contribution in [2.45, 2.75) is 19.3 Å². The van der Waals surface area contributed by atoms with Gasteiger partial charge in [-0.3, -0.25) is 4.79 Å². The van der Waals surface area contributed by atoms with Gasteiger partial charge < -0.3 is 9.72 Å². The minimum Gasteiger partial charge on any atom is -0.457 e. The molecule has 0 saturated heterocycles. The molecule has 0 amide bonds. The number of H-pyrrole nitrogens is 1. The fourth-order valence-electron chi connectivity index (χ4n) is 2.97. The first-order chi connectivity index (χ1) is 10.3. The molecular weight excluding hydrogens is 262 g/mol. The average Bonchev–Trinajstić information content (AvgIpc) is 2.98. The molecule has 0 radical (unpaired) electrons. The van der Waals surface area contributed by atoms with Crippen LogP contribution in [0.2, 0.25) is 0 Å². The van der Waals surface area contributed by atoms with Crippen LogP contribution in [0.25, 0.3) is 10.9 Å². The number of aryl methyl sites for hydroxylation is 1. The van der Waals surface area contributed by atoms with E-state index >= 15 is 0 Å². The number of aromatic amines is 1. The van der Waals surface area contributed by atoms with Crippen molar-refractivity contribution < 1.29 is 4.74 Å². The second-order valence-corrected chi connectivity index (χ2v) is 5.39. The average molecular weight is 277 g/mol. The highest BCUT2D eigenvalue weighted by molar-refractivity contribution is 5.81. The molecule has 1 heterocycles. The number of aromatic nitrogens is 1. The van der Waals surface area contributed by atoms with E-state index in [4.69, 9.17) is 4.74 Å². The van der Waals surface area contributed by atoms with Crippen molar-refractivity contribution >= 4 is 10.9 Å². The molecule has 1 aliphatic rings. The van der Waals surface area contributed by atoms with Gasteiger partial charge in [-0.1, -0.05) is 18.2 Å². The summed E-state index contributed by atoms with van der Waals surface area (Å²) in [6, 6.07) is 15.3. The number of ether oxygens (including phenoxy) is 1. The Bertz CT molecular complexity index is 866. The van der Waals surface area contributed by atoms with Gasteiger partial charge in [0.25, 0.3) is 0 Å². The van der Waals surface area contributed by atoms with Gasteiger partial charge in [-0.2, -0.15) is 0 Å². The first kappa shape index (κ1) is 12.2. The summed E-state index contributed by atoms with van der Waals surface area (Å²) in [6.07, 6.45) is 2.91. The van der Waals surface area contributed by atoms with E-state index in [0.29, 0.717) is 11.1 Å². The molecule has 3 aromatic rings. The Morgan fingerprint density at radius 1 is 0.952 bits per heavy atom. The van der Waals surface area contributed by atoms with Crippen molar-refractivity contribution in [3.63, 3.8) is 0 Å². The Morgan fingerprint density at radius 2 is 1.81 bits per heavy atom. The maximum absolute atomic E-state index is 12.5. The maximum atomic E-state index is 12.5. The van der Waals surface area contributed by atoms with E-state index in [-0.39, 0.29) is 5.43 Å². The number of hydrogen-bond acceptors (Lipinski definition) is 2. The molecular formula is C18H15NO2. The van der Waals surface area contributed by atoms with Gasteiger partial charge in [0.1, 0.15) is 11.5 Å². The van der Waals surface area contributed by atoms with Gasteiger partial charge in [0.05, 0.1) is 0 Å². The Morgan fingerprint density at radius 3 is 2.67 bits per heavy atom. The fourth-order valence-corrected chi connectivity index (χ4v) is 2.97. The van der Waals surface area contributed by atoms with Crippen molar-refractivity contribution in [2.75, 3.05) is 0 Å². The quantitative estimate of drug-likeness (QED) is 0.774. The van der Waals surface area contributed by atoms with Crippen LogP contribution in [0.1, 0.15) is 17.7 Å². The van der Waals surface area contributed by atoms with Crippen LogP contribution >= 0.6 is 0 Å². The summed E-state index contributed by atoms with van der Waals surface area (Å²) in [5.74, 6) is 1.46. The first-order valence-corrected chi connectivity index (χ1v) is 7.22. The SMILES string of the molecule is O=c1c2c([nH]c3ccc(Oc4ccccc4)cc13)CCC2. The smallest absolute Gasteiger partial charge is 0.192 e. The van der Waals surface area contributed by atoms with Crippen molar-refractivity contribution in [3.8, 4) is 11.5 Å². The summed E-state index contributed by atoms with van der Waals surface area (Å²) < 4.78 is 5.81. The highest BCUT2D eigenvalue weighted by atomic mass is 16.5. The molecule has 4 rings (SSSR count). The van der Waals surface area contributed by atoms with Crippen molar-refractivity contribution in [1.82, 2.24) is 4.98 Å². The molecule has 0 unspecified atom stereocenters. The van der Waals surface area contributed by atoms with E-state index < -0.39 is 0 Å². The number of fused-ring (bicyclic) bond motifs is 2. The molecule has 21 heavy (non-hydrogen) atoms. The molecule has 0 fully saturated rings. The highest BCUT2D eigenvalue weighted by Gasteiger charge is 2.17. The first-order valence-electron chi connectivity index (χ1n) is 7.22. The lowest BCUT2D eigenvalue weighted by molar-refractivity contribution is 0.483. The van der Waals surface area contributed by atoms with E-state index in [9.17, 15) is 4.79 Å². The molecule has 104 valence electrons. The summed E-state index contributed by atoms with van der Waals surface area (Å²) >= 11 is 0. The molecule has 0 atom stereocenters. The second kappa shape index (κ2) is 4.77. The van der Waals surface area contributed by atoms with Crippen LogP contribution in [0.3, 0.4) is 0 Å². The Balaban J connectivity index is 1.81. The normalized spacial score (nSPS) is 13.3. The van der Waals surface area contributed by atoms with Crippen molar-refractivity contribution in [1.29, 1.82) is 0 Å². The number of para-hydroxylation sites is 1. The second-order valence-electron chi connectivity index (χ2n) is 5.39. The third kappa shape index (κ3) is 2.11. The molecule has 3 heteroatoms. The number of hydrogen-bond donors (Lipinski definition) is 1. The van der Waals surface area contributed by atoms with Crippen LogP contribution in [-0.2, 0) is 12.8 Å². The number of benzene rings is 2. The molecule has 0 bridgehead atoms. The lowest BCUT2D eigenvalue weighted by Crippen LogP contribution is -2.10. The molecule has 1 aromatic heterocycles. The molecule has 0 saturated carbocycles. The largest absolute Gasteiger partial charge is 0.457 e. The van der Waals surface area contributed by atoms with Crippen LogP contribution in [0.5, 0.6) is 11.5 Å². The molecule has 1 aliphatic carbocycles. The van der Waals surface area contributed by atoms with E-state index in [1.54, 1.807) is 0 Å². The van der Waals surface area contributed by atoms with Crippen LogP contribution in [0.15, 0.2) is 53.3 Å². The van der Waals surface area contributed by atoms with Gasteiger partial charge in [0.15, 0.2) is 5.43 Å². The van der Waals surface area contributed by atoms with E-state index in [1.807, 2.05) is 48.5 Å². The van der Waals surface area contributed by atoms with Gasteiger partial charge in [0.2, 0.25) is 0 Å². The summed E-state index contributed by atoms with van der Waals surface area (Å²) in [5.41, 5.74) is 3.08. The van der Waals surface area contributed by atoms with E-state index in [2.05, 4.69) is 4.98 Å². The summed E-state index contributed by atoms with van der Waals surface area (Å²) in [6.45, 7) is 0. The van der Waals surface area contributed by atoms with Crippen LogP contribution in [0.4, 0.5) is 0 Å². The standard InChI is InChI=1S/C18H15NO2/c20-18-14-7-4-8-16(14)19-17-10-9-13(11-15(17)18)21-12-5-2-1-3-6-12/h1-3,5-6,9-11H,4,7-8H2,(H,19,20). The number of rotatable bonds is 2. The van der Waals surface area contributed by atoms with Crippen LogP contribution < -0.4 is 10.2 Å². The topological polar surface area (TPSA) is 42.1 Å². The van der Waals surface area contributed by atoms with Gasteiger partial charge >= 0.3 is 0 Å². The molecule has 1 N–H and O–H groups in total. The van der Waals surface area contributed by atoms with Crippen LogP contribution in [0, 0.1) is 0 Å². The lowest BCUT2D eigenvalue weighted by Gasteiger charge is -2.08. The Hall–Kier alpha value is -2.55. The lowest BCUT2D eigenvalue weighted by atomic mass is 10.1. The van der Waals surface area contributed by atoms with E-state index in [1.165, 1.54) is 0 Å². The molecule has 0 aliphatic heterocycles. The molecule has 3 nitrogen and oxygen atoms in total. The van der Waals surface area contributed by atoms with Gasteiger partial charge in [0, 0.05) is 22.2 Å². The predicted octanol–water partition coefficient (Wildman–Crippen LogP) is 3.81. The Labute approximate surface area is 122 Å². The molecule has 0 spiro atoms. The highest BCUT2D eigenvalue weighted by Crippen LogP contribution is 2.26.